The van der Waals surface area contributed by atoms with Gasteiger partial charge >= 0.3 is 5.97 Å². The number of anilines is 1. The van der Waals surface area contributed by atoms with E-state index in [4.69, 9.17) is 28.4 Å². The van der Waals surface area contributed by atoms with Crippen LogP contribution in [0.2, 0.25) is 0 Å². The number of hydrogen-bond acceptors (Lipinski definition) is 9. The summed E-state index contributed by atoms with van der Waals surface area (Å²) in [6, 6.07) is 16.3. The molecule has 1 unspecified atom stereocenters. The minimum absolute atomic E-state index is 0.0276. The van der Waals surface area contributed by atoms with Crippen LogP contribution in [-0.4, -0.2) is 54.7 Å². The first-order chi connectivity index (χ1) is 20.5. The fraction of sp³-hybridized carbons (Fsp3) is 0.406. The molecule has 1 N–H and O–H groups in total. The summed E-state index contributed by atoms with van der Waals surface area (Å²) in [6.07, 6.45) is 2.50. The zero-order valence-corrected chi connectivity index (χ0v) is 26.0. The Morgan fingerprint density at radius 1 is 0.953 bits per heavy atom. The molecule has 10 nitrogen and oxygen atoms in total. The fourth-order valence-corrected chi connectivity index (χ4v) is 5.50. The van der Waals surface area contributed by atoms with Crippen molar-refractivity contribution >= 4 is 21.7 Å². The number of carbonyl (C=O) groups excluding carboxylic acids is 1. The average Bonchev–Trinajstić information content (AvgIpc) is 3.00. The number of para-hydroxylation sites is 2. The van der Waals surface area contributed by atoms with E-state index in [1.54, 1.807) is 36.4 Å². The van der Waals surface area contributed by atoms with Gasteiger partial charge in [-0.3, -0.25) is 4.72 Å². The molecule has 1 heterocycles. The summed E-state index contributed by atoms with van der Waals surface area (Å²) in [4.78, 5) is 12.7. The van der Waals surface area contributed by atoms with Gasteiger partial charge in [0.25, 0.3) is 10.0 Å². The number of rotatable bonds is 12. The largest absolute Gasteiger partial charge is 0.493 e. The number of ether oxygens (including phenoxy) is 6. The number of nitrogens with one attached hydrogen (secondary N) is 1. The quantitative estimate of drug-likeness (QED) is 0.186. The standard InChI is InChI=1S/C32H39NO9S/c1-32(2,3)23-13-15-24(16-14-23)43(35,36)33-25-20-22(31(34)38-5)21-28(39-18-19-41-29-12-8-9-17-40-29)30(25)42-27-11-7-6-10-26(27)37-4/h6-7,10-11,13-16,20-21,29,33H,8-9,12,17-19H2,1-5H3. The molecule has 0 bridgehead atoms. The second-order valence-electron chi connectivity index (χ2n) is 11.0. The van der Waals surface area contributed by atoms with E-state index in [9.17, 15) is 13.2 Å². The van der Waals surface area contributed by atoms with Crippen LogP contribution in [0.4, 0.5) is 5.69 Å². The fourth-order valence-electron chi connectivity index (χ4n) is 4.45. The topological polar surface area (TPSA) is 119 Å². The second kappa shape index (κ2) is 14.1. The van der Waals surface area contributed by atoms with Gasteiger partial charge in [0.15, 0.2) is 29.3 Å². The lowest BCUT2D eigenvalue weighted by Crippen LogP contribution is -2.24. The molecule has 0 aliphatic carbocycles. The molecule has 3 aromatic carbocycles. The highest BCUT2D eigenvalue weighted by molar-refractivity contribution is 7.92. The van der Waals surface area contributed by atoms with Gasteiger partial charge in [0, 0.05) is 6.61 Å². The molecule has 11 heteroatoms. The van der Waals surface area contributed by atoms with Crippen LogP contribution >= 0.6 is 0 Å². The zero-order valence-electron chi connectivity index (χ0n) is 25.2. The van der Waals surface area contributed by atoms with E-state index in [0.29, 0.717) is 18.1 Å². The molecule has 3 aromatic rings. The summed E-state index contributed by atoms with van der Waals surface area (Å²) in [6.45, 7) is 7.05. The summed E-state index contributed by atoms with van der Waals surface area (Å²) in [5.41, 5.74) is 0.859. The maximum atomic E-state index is 13.6. The minimum Gasteiger partial charge on any atom is -0.493 e. The molecule has 0 aromatic heterocycles. The Morgan fingerprint density at radius 2 is 1.67 bits per heavy atom. The first kappa shape index (κ1) is 32.1. The van der Waals surface area contributed by atoms with Crippen molar-refractivity contribution in [1.82, 2.24) is 0 Å². The number of benzene rings is 3. The van der Waals surface area contributed by atoms with Crippen molar-refractivity contribution in [2.45, 2.75) is 56.6 Å². The number of hydrogen-bond donors (Lipinski definition) is 1. The van der Waals surface area contributed by atoms with Crippen LogP contribution in [0.1, 0.15) is 56.0 Å². The van der Waals surface area contributed by atoms with Crippen LogP contribution < -0.4 is 18.9 Å². The molecule has 43 heavy (non-hydrogen) atoms. The molecule has 1 aliphatic heterocycles. The van der Waals surface area contributed by atoms with Crippen molar-refractivity contribution in [2.24, 2.45) is 0 Å². The Bertz CT molecular complexity index is 1490. The van der Waals surface area contributed by atoms with Gasteiger partial charge in [-0.1, -0.05) is 45.0 Å². The summed E-state index contributed by atoms with van der Waals surface area (Å²) in [7, 11) is -1.39. The first-order valence-corrected chi connectivity index (χ1v) is 15.6. The van der Waals surface area contributed by atoms with Crippen molar-refractivity contribution in [1.29, 1.82) is 0 Å². The zero-order chi connectivity index (χ0) is 31.0. The van der Waals surface area contributed by atoms with Gasteiger partial charge in [0.1, 0.15) is 6.61 Å². The van der Waals surface area contributed by atoms with Crippen LogP contribution in [-0.2, 0) is 29.6 Å². The molecule has 232 valence electrons. The van der Waals surface area contributed by atoms with E-state index in [-0.39, 0.29) is 52.6 Å². The smallest absolute Gasteiger partial charge is 0.338 e. The van der Waals surface area contributed by atoms with Crippen LogP contribution in [0, 0.1) is 0 Å². The monoisotopic (exact) mass is 613 g/mol. The minimum atomic E-state index is -4.12. The van der Waals surface area contributed by atoms with E-state index in [2.05, 4.69) is 4.72 Å². The van der Waals surface area contributed by atoms with Crippen LogP contribution in [0.3, 0.4) is 0 Å². The van der Waals surface area contributed by atoms with Gasteiger partial charge < -0.3 is 28.4 Å². The molecular formula is C32H39NO9S. The lowest BCUT2D eigenvalue weighted by molar-refractivity contribution is -0.165. The normalized spacial score (nSPS) is 15.4. The summed E-state index contributed by atoms with van der Waals surface area (Å²) in [5.74, 6) is 0.164. The van der Waals surface area contributed by atoms with Crippen LogP contribution in [0.15, 0.2) is 65.6 Å². The van der Waals surface area contributed by atoms with E-state index in [1.807, 2.05) is 20.8 Å². The van der Waals surface area contributed by atoms with Gasteiger partial charge in [0.2, 0.25) is 0 Å². The molecule has 1 atom stereocenters. The van der Waals surface area contributed by atoms with Gasteiger partial charge in [-0.2, -0.15) is 0 Å². The number of carbonyl (C=O) groups is 1. The predicted octanol–water partition coefficient (Wildman–Crippen LogP) is 6.29. The van der Waals surface area contributed by atoms with Gasteiger partial charge in [0.05, 0.1) is 37.0 Å². The Morgan fingerprint density at radius 3 is 2.30 bits per heavy atom. The SMILES string of the molecule is COC(=O)c1cc(NS(=O)(=O)c2ccc(C(C)(C)C)cc2)c(Oc2ccccc2OC)c(OCCOC2CCCCO2)c1. The number of esters is 1. The Balaban J connectivity index is 1.72. The van der Waals surface area contributed by atoms with Crippen LogP contribution in [0.25, 0.3) is 0 Å². The molecule has 0 radical (unpaired) electrons. The maximum absolute atomic E-state index is 13.6. The van der Waals surface area contributed by atoms with E-state index in [0.717, 1.165) is 24.8 Å². The summed E-state index contributed by atoms with van der Waals surface area (Å²) < 4.78 is 63.8. The third kappa shape index (κ3) is 8.40. The average molecular weight is 614 g/mol. The molecule has 4 rings (SSSR count). The van der Waals surface area contributed by atoms with Crippen molar-refractivity contribution < 1.29 is 41.6 Å². The van der Waals surface area contributed by atoms with Crippen molar-refractivity contribution in [3.8, 4) is 23.0 Å². The van der Waals surface area contributed by atoms with Crippen LogP contribution in [0.5, 0.6) is 23.0 Å². The molecule has 1 fully saturated rings. The molecule has 0 amide bonds. The third-order valence-electron chi connectivity index (χ3n) is 6.81. The number of sulfonamides is 1. The molecule has 0 saturated carbocycles. The van der Waals surface area contributed by atoms with E-state index >= 15 is 0 Å². The van der Waals surface area contributed by atoms with E-state index < -0.39 is 16.0 Å². The van der Waals surface area contributed by atoms with Gasteiger partial charge in [-0.25, -0.2) is 13.2 Å². The Kier molecular flexibility index (Phi) is 10.5. The number of methoxy groups -OCH3 is 2. The van der Waals surface area contributed by atoms with Crippen molar-refractivity contribution in [3.63, 3.8) is 0 Å². The van der Waals surface area contributed by atoms with Crippen molar-refractivity contribution in [3.05, 3.63) is 71.8 Å². The first-order valence-electron chi connectivity index (χ1n) is 14.1. The van der Waals surface area contributed by atoms with Gasteiger partial charge in [-0.15, -0.1) is 0 Å². The highest BCUT2D eigenvalue weighted by Crippen LogP contribution is 2.43. The molecule has 0 spiro atoms. The highest BCUT2D eigenvalue weighted by atomic mass is 32.2. The second-order valence-corrected chi connectivity index (χ2v) is 12.7. The molecule has 1 saturated heterocycles. The van der Waals surface area contributed by atoms with Crippen molar-refractivity contribution in [2.75, 3.05) is 38.8 Å². The molecule has 1 aliphatic rings. The van der Waals surface area contributed by atoms with E-state index in [1.165, 1.54) is 38.5 Å². The lowest BCUT2D eigenvalue weighted by Gasteiger charge is -2.23. The third-order valence-corrected chi connectivity index (χ3v) is 8.20. The highest BCUT2D eigenvalue weighted by Gasteiger charge is 2.25. The predicted molar refractivity (Wildman–Crippen MR) is 162 cm³/mol. The summed E-state index contributed by atoms with van der Waals surface area (Å²) >= 11 is 0. The molecular weight excluding hydrogens is 574 g/mol. The Labute approximate surface area is 253 Å². The maximum Gasteiger partial charge on any atom is 0.338 e. The Hall–Kier alpha value is -3.80. The summed E-state index contributed by atoms with van der Waals surface area (Å²) in [5, 5.41) is 0. The lowest BCUT2D eigenvalue weighted by atomic mass is 9.87. The van der Waals surface area contributed by atoms with Gasteiger partial charge in [-0.05, 0) is 66.6 Å².